The first-order valence-corrected chi connectivity index (χ1v) is 16.9. The summed E-state index contributed by atoms with van der Waals surface area (Å²) in [5.41, 5.74) is 5.10. The number of hydrogen-bond donors (Lipinski definition) is 3. The summed E-state index contributed by atoms with van der Waals surface area (Å²) in [6.45, 7) is 3.82. The molecule has 0 radical (unpaired) electrons. The van der Waals surface area contributed by atoms with Crippen LogP contribution in [0.25, 0.3) is 22.9 Å². The minimum atomic E-state index is -0.532. The number of esters is 1. The van der Waals surface area contributed by atoms with Gasteiger partial charge in [-0.05, 0) is 76.9 Å². The summed E-state index contributed by atoms with van der Waals surface area (Å²) >= 11 is 6.27. The van der Waals surface area contributed by atoms with Crippen molar-refractivity contribution in [1.29, 1.82) is 0 Å². The lowest BCUT2D eigenvalue weighted by Crippen LogP contribution is -2.51. The number of pyridine rings is 1. The third kappa shape index (κ3) is 8.52. The van der Waals surface area contributed by atoms with Crippen LogP contribution in [0.3, 0.4) is 0 Å². The highest BCUT2D eigenvalue weighted by Gasteiger charge is 2.34. The van der Waals surface area contributed by atoms with Gasteiger partial charge < -0.3 is 25.4 Å². The van der Waals surface area contributed by atoms with Crippen molar-refractivity contribution in [2.24, 2.45) is 5.41 Å². The Morgan fingerprint density at radius 2 is 1.96 bits per heavy atom. The minimum Gasteiger partial charge on any atom is -0.469 e. The number of methoxy groups -OCH3 is 1. The van der Waals surface area contributed by atoms with Crippen LogP contribution in [-0.2, 0) is 30.3 Å². The number of rotatable bonds is 9. The van der Waals surface area contributed by atoms with Gasteiger partial charge in [-0.2, -0.15) is 4.68 Å². The van der Waals surface area contributed by atoms with Crippen LogP contribution in [0.15, 0.2) is 67.1 Å². The zero-order valence-electron chi connectivity index (χ0n) is 27.9. The van der Waals surface area contributed by atoms with Crippen molar-refractivity contribution >= 4 is 41.1 Å². The predicted molar refractivity (Wildman–Crippen MR) is 187 cm³/mol. The Hall–Kier alpha value is -5.14. The molecule has 1 saturated heterocycles. The molecule has 0 unspecified atom stereocenters. The lowest BCUT2D eigenvalue weighted by Gasteiger charge is -2.38. The van der Waals surface area contributed by atoms with Gasteiger partial charge in [0.25, 0.3) is 0 Å². The fraction of sp³-hybridized carbons (Fsp3) is 0.361. The van der Waals surface area contributed by atoms with Gasteiger partial charge in [0.2, 0.25) is 11.8 Å². The van der Waals surface area contributed by atoms with E-state index >= 15 is 0 Å². The van der Waals surface area contributed by atoms with Crippen molar-refractivity contribution in [2.75, 3.05) is 32.2 Å². The summed E-state index contributed by atoms with van der Waals surface area (Å²) < 4.78 is 11.8. The van der Waals surface area contributed by atoms with Crippen LogP contribution in [0, 0.1) is 5.41 Å². The van der Waals surface area contributed by atoms with Crippen molar-refractivity contribution in [1.82, 2.24) is 35.8 Å². The molecule has 2 aromatic carbocycles. The molecule has 2 aromatic heterocycles. The van der Waals surface area contributed by atoms with Gasteiger partial charge in [0.05, 0.1) is 44.2 Å². The van der Waals surface area contributed by atoms with Gasteiger partial charge in [-0.25, -0.2) is 0 Å². The van der Waals surface area contributed by atoms with E-state index in [1.165, 1.54) is 24.2 Å². The number of ether oxygens (including phenoxy) is 2. The lowest BCUT2D eigenvalue weighted by atomic mass is 9.88. The number of aromatic nitrogens is 5. The van der Waals surface area contributed by atoms with E-state index in [0.717, 1.165) is 23.1 Å². The first kappa shape index (κ1) is 34.7. The Kier molecular flexibility index (Phi) is 10.8. The molecule has 13 nitrogen and oxygen atoms in total. The minimum absolute atomic E-state index is 0.0815. The summed E-state index contributed by atoms with van der Waals surface area (Å²) in [5, 5.41) is 21.6. The van der Waals surface area contributed by atoms with Gasteiger partial charge in [0.15, 0.2) is 0 Å². The topological polar surface area (TPSA) is 162 Å². The standard InChI is InChI=1S/C36H39ClN8O5/c1-36(20-50-21-36)19-39-35(48)29-6-4-3-5-28(42-33(46)12-8-25-17-26(37)9-11-32(25)45-22-40-43-44-45)31-18-24(13-14-38-31)27-10-7-23(15-30(27)41-29)16-34(47)49-2/h7-15,17-18,22,28-29,41H,3-6,16,19-21H2,1-2H3,(H,39,48)(H,42,46)/b12-8+/t28-,29+/m0/s1. The Morgan fingerprint density at radius 3 is 2.72 bits per heavy atom. The van der Waals surface area contributed by atoms with E-state index < -0.39 is 12.1 Å². The van der Waals surface area contributed by atoms with Crippen molar-refractivity contribution in [3.63, 3.8) is 0 Å². The van der Waals surface area contributed by atoms with Crippen molar-refractivity contribution in [2.45, 2.75) is 51.1 Å². The summed E-state index contributed by atoms with van der Waals surface area (Å²) in [6.07, 6.45) is 9.00. The molecule has 4 heterocycles. The molecule has 0 spiro atoms. The average Bonchev–Trinajstić information content (AvgIpc) is 3.64. The molecule has 0 saturated carbocycles. The average molecular weight is 699 g/mol. The molecule has 3 N–H and O–H groups in total. The van der Waals surface area contributed by atoms with E-state index in [4.69, 9.17) is 21.1 Å². The number of anilines is 1. The number of hydrogen-bond acceptors (Lipinski definition) is 10. The molecule has 14 heteroatoms. The number of tetrazole rings is 1. The van der Waals surface area contributed by atoms with E-state index in [9.17, 15) is 14.4 Å². The second-order valence-corrected chi connectivity index (χ2v) is 13.4. The Labute approximate surface area is 294 Å². The summed E-state index contributed by atoms with van der Waals surface area (Å²) in [4.78, 5) is 43.8. The number of fused-ring (bicyclic) bond motifs is 4. The van der Waals surface area contributed by atoms with Crippen LogP contribution >= 0.6 is 11.6 Å². The molecule has 6 rings (SSSR count). The van der Waals surface area contributed by atoms with E-state index in [1.807, 2.05) is 30.3 Å². The SMILES string of the molecule is COC(=O)Cc1ccc2c(c1)N[C@@H](C(=O)NCC1(C)COC1)CCCC[C@H](NC(=O)/C=C/c1cc(Cl)ccc1-n1cnnn1)c1cc-2ccn1. The maximum absolute atomic E-state index is 13.6. The van der Waals surface area contributed by atoms with Gasteiger partial charge in [-0.1, -0.05) is 43.5 Å². The molecular weight excluding hydrogens is 660 g/mol. The highest BCUT2D eigenvalue weighted by atomic mass is 35.5. The quantitative estimate of drug-likeness (QED) is 0.168. The number of carbonyl (C=O) groups excluding carboxylic acids is 3. The first-order valence-electron chi connectivity index (χ1n) is 16.5. The van der Waals surface area contributed by atoms with Gasteiger partial charge in [-0.15, -0.1) is 5.10 Å². The number of halogens is 1. The van der Waals surface area contributed by atoms with Crippen LogP contribution in [0.4, 0.5) is 5.69 Å². The Morgan fingerprint density at radius 1 is 1.12 bits per heavy atom. The van der Waals surface area contributed by atoms with Crippen LogP contribution in [0.1, 0.15) is 55.5 Å². The van der Waals surface area contributed by atoms with E-state index in [-0.39, 0.29) is 29.6 Å². The molecule has 2 bridgehead atoms. The maximum atomic E-state index is 13.6. The smallest absolute Gasteiger partial charge is 0.309 e. The molecule has 2 amide bonds. The first-order chi connectivity index (χ1) is 24.2. The fourth-order valence-corrected chi connectivity index (χ4v) is 6.25. The van der Waals surface area contributed by atoms with Gasteiger partial charge >= 0.3 is 5.97 Å². The predicted octanol–water partition coefficient (Wildman–Crippen LogP) is 4.47. The van der Waals surface area contributed by atoms with Crippen molar-refractivity contribution < 1.29 is 23.9 Å². The molecule has 0 aliphatic carbocycles. The van der Waals surface area contributed by atoms with E-state index in [1.54, 1.807) is 30.5 Å². The summed E-state index contributed by atoms with van der Waals surface area (Å²) in [5.74, 6) is -0.770. The van der Waals surface area contributed by atoms with Crippen molar-refractivity contribution in [3.05, 3.63) is 89.0 Å². The van der Waals surface area contributed by atoms with Gasteiger partial charge in [0, 0.05) is 46.1 Å². The zero-order valence-corrected chi connectivity index (χ0v) is 28.7. The number of benzene rings is 2. The highest BCUT2D eigenvalue weighted by molar-refractivity contribution is 6.30. The number of nitrogens with one attached hydrogen (secondary N) is 3. The van der Waals surface area contributed by atoms with Crippen LogP contribution < -0.4 is 16.0 Å². The summed E-state index contributed by atoms with van der Waals surface area (Å²) in [6, 6.07) is 13.8. The monoisotopic (exact) mass is 698 g/mol. The summed E-state index contributed by atoms with van der Waals surface area (Å²) in [7, 11) is 1.36. The van der Waals surface area contributed by atoms with Gasteiger partial charge in [-0.3, -0.25) is 19.4 Å². The van der Waals surface area contributed by atoms with Crippen LogP contribution in [0.5, 0.6) is 0 Å². The molecule has 1 fully saturated rings. The van der Waals surface area contributed by atoms with E-state index in [2.05, 4.69) is 43.4 Å². The molecular formula is C36H39ClN8O5. The van der Waals surface area contributed by atoms with E-state index in [0.29, 0.717) is 66.7 Å². The molecule has 2 atom stereocenters. The van der Waals surface area contributed by atoms with Gasteiger partial charge in [0.1, 0.15) is 12.4 Å². The van der Waals surface area contributed by atoms with Crippen LogP contribution in [0.2, 0.25) is 5.02 Å². The maximum Gasteiger partial charge on any atom is 0.309 e. The number of carbonyl (C=O) groups is 3. The molecule has 2 aliphatic rings. The normalized spacial score (nSPS) is 18.4. The number of nitrogens with zero attached hydrogens (tertiary/aromatic N) is 5. The lowest BCUT2D eigenvalue weighted by molar-refractivity contribution is -0.139. The molecule has 50 heavy (non-hydrogen) atoms. The molecule has 4 aromatic rings. The van der Waals surface area contributed by atoms with Crippen LogP contribution in [-0.4, -0.2) is 75.9 Å². The highest BCUT2D eigenvalue weighted by Crippen LogP contribution is 2.33. The molecule has 260 valence electrons. The Balaban J connectivity index is 1.27. The largest absolute Gasteiger partial charge is 0.469 e. The third-order valence-corrected chi connectivity index (χ3v) is 9.13. The zero-order chi connectivity index (χ0) is 35.1. The second-order valence-electron chi connectivity index (χ2n) is 13.0. The van der Waals surface area contributed by atoms with Crippen molar-refractivity contribution in [3.8, 4) is 16.8 Å². The number of amides is 2. The molecule has 2 aliphatic heterocycles. The fourth-order valence-electron chi connectivity index (χ4n) is 6.07. The Bertz CT molecular complexity index is 1880. The second kappa shape index (κ2) is 15.6. The third-order valence-electron chi connectivity index (χ3n) is 8.90.